The van der Waals surface area contributed by atoms with Gasteiger partial charge in [-0.25, -0.2) is 0 Å². The van der Waals surface area contributed by atoms with E-state index < -0.39 is 18.3 Å². The second kappa shape index (κ2) is 8.20. The molecule has 0 saturated carbocycles. The van der Waals surface area contributed by atoms with Gasteiger partial charge in [-0.15, -0.1) is 0 Å². The van der Waals surface area contributed by atoms with Crippen LogP contribution in [0.5, 0.6) is 0 Å². The van der Waals surface area contributed by atoms with Crippen LogP contribution in [0.1, 0.15) is 33.3 Å². The average molecular weight is 519 g/mol. The van der Waals surface area contributed by atoms with Crippen molar-refractivity contribution in [1.82, 2.24) is 0 Å². The van der Waals surface area contributed by atoms with Gasteiger partial charge in [0.1, 0.15) is 0 Å². The predicted molar refractivity (Wildman–Crippen MR) is 165 cm³/mol. The molecule has 3 aliphatic heterocycles. The van der Waals surface area contributed by atoms with E-state index in [9.17, 15) is 0 Å². The smallest absolute Gasteiger partial charge is 0.399 e. The Morgan fingerprint density at radius 3 is 1.98 bits per heavy atom. The van der Waals surface area contributed by atoms with E-state index in [4.69, 9.17) is 9.31 Å². The summed E-state index contributed by atoms with van der Waals surface area (Å²) in [5.41, 5.74) is 13.8. The van der Waals surface area contributed by atoms with E-state index in [0.29, 0.717) is 0 Å². The summed E-state index contributed by atoms with van der Waals surface area (Å²) in [4.78, 5) is 2.42. The molecule has 0 radical (unpaired) electrons. The van der Waals surface area contributed by atoms with Crippen LogP contribution in [-0.2, 0) is 9.31 Å². The Kier molecular flexibility index (Phi) is 4.87. The summed E-state index contributed by atoms with van der Waals surface area (Å²) in [6, 6.07) is 32.7. The molecule has 1 fully saturated rings. The zero-order valence-electron chi connectivity index (χ0n) is 23.2. The van der Waals surface area contributed by atoms with E-state index >= 15 is 0 Å². The minimum absolute atomic E-state index is 0.408. The number of allylic oxidation sites excluding steroid dienone is 4. The minimum Gasteiger partial charge on any atom is -0.399 e. The SMILES string of the molecule is CC1(C)OB(c2ccc(N3c4ccc(-c5ccccc5)c3c4)c3c2-c2ccc(-c4ccccc4)c-3c2)OC1(C)C. The minimum atomic E-state index is -0.434. The summed E-state index contributed by atoms with van der Waals surface area (Å²) in [5, 5.41) is 0. The maximum absolute atomic E-state index is 6.59. The zero-order chi connectivity index (χ0) is 27.2. The van der Waals surface area contributed by atoms with Crippen LogP contribution in [0.15, 0.2) is 121 Å². The molecule has 0 spiro atoms. The van der Waals surface area contributed by atoms with Crippen LogP contribution in [0.4, 0.5) is 5.69 Å². The van der Waals surface area contributed by atoms with E-state index in [1.807, 2.05) is 0 Å². The lowest BCUT2D eigenvalue weighted by Crippen LogP contribution is -2.41. The molecule has 0 N–H and O–H groups in total. The second-order valence-corrected chi connectivity index (χ2v) is 12.0. The molecule has 0 atom stereocenters. The van der Waals surface area contributed by atoms with Gasteiger partial charge in [0, 0.05) is 16.8 Å². The van der Waals surface area contributed by atoms with Crippen molar-refractivity contribution >= 4 is 23.8 Å². The molecule has 0 aromatic heterocycles. The van der Waals surface area contributed by atoms with Gasteiger partial charge < -0.3 is 14.2 Å². The van der Waals surface area contributed by atoms with Gasteiger partial charge in [0.25, 0.3) is 0 Å². The fraction of sp³-hybridized carbons (Fsp3) is 0.167. The molecule has 4 bridgehead atoms. The van der Waals surface area contributed by atoms with Gasteiger partial charge in [0.2, 0.25) is 0 Å². The first kappa shape index (κ1) is 23.7. The summed E-state index contributed by atoms with van der Waals surface area (Å²) in [5.74, 6) is 0. The number of fused-ring (bicyclic) bond motifs is 7. The maximum atomic E-state index is 6.59. The van der Waals surface area contributed by atoms with E-state index in [-0.39, 0.29) is 0 Å². The van der Waals surface area contributed by atoms with Gasteiger partial charge in [0.05, 0.1) is 22.6 Å². The number of hydrogen-bond donors (Lipinski definition) is 0. The predicted octanol–water partition coefficient (Wildman–Crippen LogP) is 7.99. The highest BCUT2D eigenvalue weighted by Gasteiger charge is 2.53. The molecule has 4 aromatic rings. The highest BCUT2D eigenvalue weighted by Crippen LogP contribution is 2.54. The molecule has 0 unspecified atom stereocenters. The van der Waals surface area contributed by atoms with E-state index in [1.165, 1.54) is 61.6 Å². The van der Waals surface area contributed by atoms with Gasteiger partial charge in [-0.2, -0.15) is 0 Å². The molecule has 0 amide bonds. The van der Waals surface area contributed by atoms with E-state index in [1.54, 1.807) is 0 Å². The molecule has 1 aliphatic carbocycles. The Morgan fingerprint density at radius 2 is 1.30 bits per heavy atom. The Bertz CT molecular complexity index is 1780. The Morgan fingerprint density at radius 1 is 0.625 bits per heavy atom. The van der Waals surface area contributed by atoms with Gasteiger partial charge in [0.15, 0.2) is 0 Å². The number of hydrogen-bond acceptors (Lipinski definition) is 3. The lowest BCUT2D eigenvalue weighted by atomic mass is 9.73. The molecule has 3 heterocycles. The Hall–Kier alpha value is -4.12. The Balaban J connectivity index is 1.31. The van der Waals surface area contributed by atoms with Crippen LogP contribution in [0.3, 0.4) is 0 Å². The van der Waals surface area contributed by atoms with Crippen molar-refractivity contribution < 1.29 is 9.31 Å². The molecule has 194 valence electrons. The third kappa shape index (κ3) is 3.27. The van der Waals surface area contributed by atoms with Gasteiger partial charge in [-0.1, -0.05) is 84.9 Å². The summed E-state index contributed by atoms with van der Waals surface area (Å²) < 4.78 is 13.2. The van der Waals surface area contributed by atoms with Crippen molar-refractivity contribution in [3.8, 4) is 33.4 Å². The van der Waals surface area contributed by atoms with Crippen molar-refractivity contribution in [2.24, 2.45) is 0 Å². The molecule has 8 rings (SSSR count). The van der Waals surface area contributed by atoms with Gasteiger partial charge in [-0.05, 0) is 90.8 Å². The van der Waals surface area contributed by atoms with Crippen LogP contribution >= 0.6 is 0 Å². The molecule has 4 aromatic carbocycles. The van der Waals surface area contributed by atoms with Crippen molar-refractivity contribution in [3.05, 3.63) is 126 Å². The third-order valence-corrected chi connectivity index (χ3v) is 9.19. The average Bonchev–Trinajstić information content (AvgIpc) is 3.38. The first-order valence-corrected chi connectivity index (χ1v) is 14.0. The number of nitrogens with zero attached hydrogens (tertiary/aromatic N) is 1. The Labute approximate surface area is 236 Å². The fourth-order valence-corrected chi connectivity index (χ4v) is 6.37. The van der Waals surface area contributed by atoms with Crippen LogP contribution in [-0.4, -0.2) is 18.3 Å². The van der Waals surface area contributed by atoms with Gasteiger partial charge in [-0.3, -0.25) is 0 Å². The quantitative estimate of drug-likeness (QED) is 0.225. The normalized spacial score (nSPS) is 19.1. The summed E-state index contributed by atoms with van der Waals surface area (Å²) >= 11 is 0. The van der Waals surface area contributed by atoms with Crippen LogP contribution in [0.25, 0.3) is 39.0 Å². The molecular weight excluding hydrogens is 489 g/mol. The number of rotatable bonds is 4. The summed E-state index contributed by atoms with van der Waals surface area (Å²) in [7, 11) is -0.434. The number of anilines is 1. The molecule has 1 saturated heterocycles. The topological polar surface area (TPSA) is 21.7 Å². The highest BCUT2D eigenvalue weighted by atomic mass is 16.7. The summed E-state index contributed by atoms with van der Waals surface area (Å²) in [6.45, 7) is 8.47. The fourth-order valence-electron chi connectivity index (χ4n) is 6.37. The molecule has 40 heavy (non-hydrogen) atoms. The number of benzene rings is 4. The maximum Gasteiger partial charge on any atom is 0.495 e. The van der Waals surface area contributed by atoms with Crippen molar-refractivity contribution in [1.29, 1.82) is 0 Å². The van der Waals surface area contributed by atoms with Crippen molar-refractivity contribution in [3.63, 3.8) is 0 Å². The zero-order valence-corrected chi connectivity index (χ0v) is 23.2. The first-order valence-electron chi connectivity index (χ1n) is 14.0. The van der Waals surface area contributed by atoms with Crippen molar-refractivity contribution in [2.75, 3.05) is 4.90 Å². The first-order chi connectivity index (χ1) is 19.3. The monoisotopic (exact) mass is 519 g/mol. The highest BCUT2D eigenvalue weighted by molar-refractivity contribution is 6.64. The third-order valence-electron chi connectivity index (χ3n) is 9.19. The molecule has 4 aliphatic rings. The van der Waals surface area contributed by atoms with E-state index in [2.05, 4.69) is 142 Å². The standard InChI is InChI=1S/C36H30BNO2/c1-35(2)36(3,4)40-37(39-35)30-19-20-31(38-26-16-18-28(32(38)22-26)24-13-9-6-10-14-24)34-29-21-25(33(30)34)15-17-27(29)23-11-7-5-8-12-23/h5-22H,1-4H3. The lowest BCUT2D eigenvalue weighted by Gasteiger charge is -2.41. The second-order valence-electron chi connectivity index (χ2n) is 12.0. The van der Waals surface area contributed by atoms with Crippen LogP contribution in [0.2, 0.25) is 0 Å². The molecule has 4 heteroatoms. The molecular formula is C36H30BNO2. The lowest BCUT2D eigenvalue weighted by molar-refractivity contribution is 0.00578. The van der Waals surface area contributed by atoms with E-state index in [0.717, 1.165) is 5.46 Å². The van der Waals surface area contributed by atoms with Crippen LogP contribution in [0, 0.1) is 0 Å². The van der Waals surface area contributed by atoms with Crippen molar-refractivity contribution in [2.45, 2.75) is 38.9 Å². The van der Waals surface area contributed by atoms with Gasteiger partial charge >= 0.3 is 7.12 Å². The summed E-state index contributed by atoms with van der Waals surface area (Å²) in [6.07, 6.45) is 6.76. The largest absolute Gasteiger partial charge is 0.495 e. The van der Waals surface area contributed by atoms with Crippen LogP contribution < -0.4 is 10.4 Å². The molecule has 3 nitrogen and oxygen atoms in total.